The molecule has 1 unspecified atom stereocenters. The van der Waals surface area contributed by atoms with Gasteiger partial charge in [0.05, 0.1) is 0 Å². The number of hydrogen-bond acceptors (Lipinski definition) is 2. The molecule has 2 heteroatoms. The Bertz CT molecular complexity index is 129. The van der Waals surface area contributed by atoms with Gasteiger partial charge in [-0.05, 0) is 26.3 Å². The zero-order chi connectivity index (χ0) is 7.98. The number of hydrogen-bond donors (Lipinski definition) is 1. The molecule has 0 rings (SSSR count). The maximum Gasteiger partial charge on any atom is 0.144 e. The molecule has 0 heterocycles. The summed E-state index contributed by atoms with van der Waals surface area (Å²) in [5.41, 5.74) is 0.935. The average molecular weight is 141 g/mol. The average Bonchev–Trinajstić information content (AvgIpc) is 1.88. The molecule has 0 saturated heterocycles. The van der Waals surface area contributed by atoms with Crippen LogP contribution >= 0.6 is 0 Å². The van der Waals surface area contributed by atoms with Crippen molar-refractivity contribution in [2.24, 2.45) is 0 Å². The highest BCUT2D eigenvalue weighted by molar-refractivity contribution is 5.65. The molecule has 1 N–H and O–H groups in total. The molecule has 0 spiro atoms. The van der Waals surface area contributed by atoms with Crippen LogP contribution in [0.25, 0.3) is 0 Å². The quantitative estimate of drug-likeness (QED) is 0.474. The van der Waals surface area contributed by atoms with Crippen LogP contribution in [0.3, 0.4) is 0 Å². The third kappa shape index (κ3) is 4.13. The lowest BCUT2D eigenvalue weighted by molar-refractivity contribution is -0.104. The molecule has 10 heavy (non-hydrogen) atoms. The summed E-state index contributed by atoms with van der Waals surface area (Å²) in [5, 5.41) is 3.16. The largest absolute Gasteiger partial charge is 0.386 e. The smallest absolute Gasteiger partial charge is 0.144 e. The first kappa shape index (κ1) is 9.21. The molecular weight excluding hydrogens is 126 g/mol. The van der Waals surface area contributed by atoms with Gasteiger partial charge in [0, 0.05) is 11.7 Å². The molecule has 0 aliphatic heterocycles. The summed E-state index contributed by atoms with van der Waals surface area (Å²) >= 11 is 0. The monoisotopic (exact) mass is 141 g/mol. The van der Waals surface area contributed by atoms with E-state index >= 15 is 0 Å². The zero-order valence-electron chi connectivity index (χ0n) is 6.85. The van der Waals surface area contributed by atoms with E-state index in [0.29, 0.717) is 6.04 Å². The van der Waals surface area contributed by atoms with Crippen molar-refractivity contribution >= 4 is 6.29 Å². The van der Waals surface area contributed by atoms with Crippen molar-refractivity contribution in [2.45, 2.75) is 33.2 Å². The van der Waals surface area contributed by atoms with Gasteiger partial charge in [0.2, 0.25) is 0 Å². The number of aldehydes is 1. The Labute approximate surface area is 62.3 Å². The van der Waals surface area contributed by atoms with E-state index in [1.807, 2.05) is 6.92 Å². The first-order valence-corrected chi connectivity index (χ1v) is 3.59. The van der Waals surface area contributed by atoms with Crippen LogP contribution in [0.1, 0.15) is 27.2 Å². The van der Waals surface area contributed by atoms with Gasteiger partial charge >= 0.3 is 0 Å². The van der Waals surface area contributed by atoms with E-state index < -0.39 is 0 Å². The number of allylic oxidation sites excluding steroid dienone is 2. The second-order valence-electron chi connectivity index (χ2n) is 2.44. The normalized spacial score (nSPS) is 14.5. The highest BCUT2D eigenvalue weighted by atomic mass is 16.1. The minimum Gasteiger partial charge on any atom is -0.386 e. The molecule has 0 saturated carbocycles. The maximum absolute atomic E-state index is 9.97. The molecule has 0 aliphatic rings. The molecule has 0 bridgehead atoms. The van der Waals surface area contributed by atoms with Crippen LogP contribution in [0.15, 0.2) is 11.8 Å². The molecule has 0 aromatic heterocycles. The van der Waals surface area contributed by atoms with Crippen molar-refractivity contribution in [2.75, 3.05) is 0 Å². The Morgan fingerprint density at radius 3 is 2.70 bits per heavy atom. The minimum atomic E-state index is 0.455. The van der Waals surface area contributed by atoms with E-state index in [1.165, 1.54) is 6.08 Å². The fourth-order valence-electron chi connectivity index (χ4n) is 0.641. The van der Waals surface area contributed by atoms with Gasteiger partial charge in [0.25, 0.3) is 0 Å². The third-order valence-corrected chi connectivity index (χ3v) is 1.40. The molecule has 0 aromatic rings. The van der Waals surface area contributed by atoms with Crippen molar-refractivity contribution in [3.05, 3.63) is 11.8 Å². The first-order chi connectivity index (χ1) is 4.70. The number of nitrogens with one attached hydrogen (secondary N) is 1. The lowest BCUT2D eigenvalue weighted by atomic mass is 10.2. The highest BCUT2D eigenvalue weighted by Crippen LogP contribution is 1.92. The Hall–Kier alpha value is -0.790. The van der Waals surface area contributed by atoms with E-state index in [0.717, 1.165) is 18.4 Å². The second-order valence-corrected chi connectivity index (χ2v) is 2.44. The Kier molecular flexibility index (Phi) is 4.63. The topological polar surface area (TPSA) is 29.1 Å². The Balaban J connectivity index is 3.66. The number of rotatable bonds is 4. The fourth-order valence-corrected chi connectivity index (χ4v) is 0.641. The van der Waals surface area contributed by atoms with E-state index in [1.54, 1.807) is 0 Å². The van der Waals surface area contributed by atoms with Crippen LogP contribution in [0.5, 0.6) is 0 Å². The van der Waals surface area contributed by atoms with Crippen LogP contribution in [-0.2, 0) is 4.79 Å². The minimum absolute atomic E-state index is 0.455. The summed E-state index contributed by atoms with van der Waals surface area (Å²) in [7, 11) is 0. The van der Waals surface area contributed by atoms with Gasteiger partial charge in [-0.1, -0.05) is 6.92 Å². The van der Waals surface area contributed by atoms with Crippen molar-refractivity contribution in [3.63, 3.8) is 0 Å². The number of carbonyl (C=O) groups excluding carboxylic acids is 1. The van der Waals surface area contributed by atoms with E-state index in [4.69, 9.17) is 0 Å². The van der Waals surface area contributed by atoms with Crippen LogP contribution in [-0.4, -0.2) is 12.3 Å². The van der Waals surface area contributed by atoms with Crippen molar-refractivity contribution in [1.82, 2.24) is 5.32 Å². The van der Waals surface area contributed by atoms with Crippen LogP contribution in [0.2, 0.25) is 0 Å². The van der Waals surface area contributed by atoms with Gasteiger partial charge in [-0.25, -0.2) is 0 Å². The fraction of sp³-hybridized carbons (Fsp3) is 0.625. The summed E-state index contributed by atoms with van der Waals surface area (Å²) < 4.78 is 0. The summed E-state index contributed by atoms with van der Waals surface area (Å²) in [6.07, 6.45) is 3.40. The highest BCUT2D eigenvalue weighted by Gasteiger charge is 1.94. The molecule has 0 aliphatic carbocycles. The van der Waals surface area contributed by atoms with Crippen LogP contribution < -0.4 is 5.32 Å². The molecule has 0 radical (unpaired) electrons. The van der Waals surface area contributed by atoms with Gasteiger partial charge in [-0.15, -0.1) is 0 Å². The van der Waals surface area contributed by atoms with Crippen molar-refractivity contribution < 1.29 is 4.79 Å². The standard InChI is InChI=1S/C8H15NO/c1-4-7(2)9-8(3)5-6-10/h5-7,9H,4H2,1-3H3. The third-order valence-electron chi connectivity index (χ3n) is 1.40. The van der Waals surface area contributed by atoms with E-state index in [2.05, 4.69) is 19.2 Å². The van der Waals surface area contributed by atoms with E-state index in [-0.39, 0.29) is 0 Å². The van der Waals surface area contributed by atoms with Gasteiger partial charge < -0.3 is 5.32 Å². The zero-order valence-corrected chi connectivity index (χ0v) is 6.85. The lowest BCUT2D eigenvalue weighted by Crippen LogP contribution is -2.22. The Morgan fingerprint density at radius 1 is 1.70 bits per heavy atom. The first-order valence-electron chi connectivity index (χ1n) is 3.59. The molecular formula is C8H15NO. The van der Waals surface area contributed by atoms with Gasteiger partial charge in [-0.3, -0.25) is 4.79 Å². The summed E-state index contributed by atoms with van der Waals surface area (Å²) in [4.78, 5) is 9.97. The lowest BCUT2D eigenvalue weighted by Gasteiger charge is -2.11. The van der Waals surface area contributed by atoms with Gasteiger partial charge in [0.1, 0.15) is 6.29 Å². The predicted octanol–water partition coefficient (Wildman–Crippen LogP) is 1.48. The molecule has 0 aromatic carbocycles. The summed E-state index contributed by atoms with van der Waals surface area (Å²) in [5.74, 6) is 0. The van der Waals surface area contributed by atoms with Crippen molar-refractivity contribution in [1.29, 1.82) is 0 Å². The molecule has 58 valence electrons. The second kappa shape index (κ2) is 5.03. The SMILES string of the molecule is CCC(C)NC(C)=CC=O. The van der Waals surface area contributed by atoms with Gasteiger partial charge in [0.15, 0.2) is 0 Å². The predicted molar refractivity (Wildman–Crippen MR) is 42.7 cm³/mol. The van der Waals surface area contributed by atoms with Crippen molar-refractivity contribution in [3.8, 4) is 0 Å². The maximum atomic E-state index is 9.97. The summed E-state index contributed by atoms with van der Waals surface area (Å²) in [6, 6.07) is 0.455. The molecule has 0 fully saturated rings. The van der Waals surface area contributed by atoms with Gasteiger partial charge in [-0.2, -0.15) is 0 Å². The van der Waals surface area contributed by atoms with Crippen LogP contribution in [0, 0.1) is 0 Å². The van der Waals surface area contributed by atoms with E-state index in [9.17, 15) is 4.79 Å². The van der Waals surface area contributed by atoms with Crippen LogP contribution in [0.4, 0.5) is 0 Å². The summed E-state index contributed by atoms with van der Waals surface area (Å²) in [6.45, 7) is 6.08. The number of carbonyl (C=O) groups is 1. The molecule has 0 amide bonds. The Morgan fingerprint density at radius 2 is 2.30 bits per heavy atom. The molecule has 1 atom stereocenters. The molecule has 2 nitrogen and oxygen atoms in total.